The maximum Gasteiger partial charge on any atom is 0.185 e. The fourth-order valence-electron chi connectivity index (χ4n) is 2.38. The average Bonchev–Trinajstić information content (AvgIpc) is 2.44. The van der Waals surface area contributed by atoms with Crippen molar-refractivity contribution in [1.29, 1.82) is 0 Å². The average molecular weight is 284 g/mol. The first-order valence-corrected chi connectivity index (χ1v) is 6.44. The highest BCUT2D eigenvalue weighted by Crippen LogP contribution is 2.34. The number of halogens is 3. The molecular weight excluding hydrogens is 272 g/mol. The normalized spacial score (nSPS) is 16.1. The van der Waals surface area contributed by atoms with Crippen LogP contribution in [0.25, 0.3) is 10.9 Å². The molecule has 1 aliphatic heterocycles. The van der Waals surface area contributed by atoms with E-state index < -0.39 is 11.6 Å². The van der Waals surface area contributed by atoms with E-state index in [1.54, 1.807) is 0 Å². The number of fused-ring (bicyclic) bond motifs is 1. The lowest BCUT2D eigenvalue weighted by Gasteiger charge is -2.31. The molecule has 0 aliphatic carbocycles. The smallest absolute Gasteiger partial charge is 0.185 e. The van der Waals surface area contributed by atoms with Gasteiger partial charge in [0.1, 0.15) is 5.52 Å². The van der Waals surface area contributed by atoms with Crippen LogP contribution in [0, 0.1) is 11.6 Å². The highest BCUT2D eigenvalue weighted by atomic mass is 35.5. The molecule has 1 aromatic heterocycles. The number of benzene rings is 1. The van der Waals surface area contributed by atoms with Crippen molar-refractivity contribution in [3.05, 3.63) is 35.0 Å². The van der Waals surface area contributed by atoms with Crippen molar-refractivity contribution in [3.63, 3.8) is 0 Å². The molecule has 0 spiro atoms. The van der Waals surface area contributed by atoms with E-state index in [0.29, 0.717) is 10.4 Å². The molecule has 1 N–H and O–H groups in total. The number of pyridine rings is 1. The molecule has 3 rings (SSSR count). The number of hydrogen-bond donors (Lipinski definition) is 1. The lowest BCUT2D eigenvalue weighted by molar-refractivity contribution is 0.515. The minimum absolute atomic E-state index is 0.0259. The molecule has 0 bridgehead atoms. The Balaban J connectivity index is 2.21. The van der Waals surface area contributed by atoms with Gasteiger partial charge in [0.2, 0.25) is 0 Å². The minimum Gasteiger partial charge on any atom is -0.367 e. The van der Waals surface area contributed by atoms with Crippen molar-refractivity contribution in [2.24, 2.45) is 0 Å². The summed E-state index contributed by atoms with van der Waals surface area (Å²) in [6.07, 6.45) is 1.38. The largest absolute Gasteiger partial charge is 0.367 e. The number of hydrogen-bond acceptors (Lipinski definition) is 3. The summed E-state index contributed by atoms with van der Waals surface area (Å²) in [6.45, 7) is 3.23. The SMILES string of the molecule is Fc1ccc2c(N3CCNCC3)c(Cl)cnc2c1F. The second-order valence-corrected chi connectivity index (χ2v) is 4.86. The Morgan fingerprint density at radius 2 is 1.95 bits per heavy atom. The summed E-state index contributed by atoms with van der Waals surface area (Å²) in [5, 5.41) is 4.25. The molecule has 1 saturated heterocycles. The Morgan fingerprint density at radius 1 is 1.21 bits per heavy atom. The standard InChI is InChI=1S/C13H12ClF2N3/c14-9-7-18-12-8(1-2-10(15)11(12)16)13(9)19-5-3-17-4-6-19/h1-2,7,17H,3-6H2. The van der Waals surface area contributed by atoms with Gasteiger partial charge in [-0.15, -0.1) is 0 Å². The van der Waals surface area contributed by atoms with Gasteiger partial charge in [-0.25, -0.2) is 8.78 Å². The zero-order valence-corrected chi connectivity index (χ0v) is 10.8. The highest BCUT2D eigenvalue weighted by Gasteiger charge is 2.19. The van der Waals surface area contributed by atoms with Crippen molar-refractivity contribution in [3.8, 4) is 0 Å². The van der Waals surface area contributed by atoms with Crippen LogP contribution in [0.5, 0.6) is 0 Å². The van der Waals surface area contributed by atoms with Gasteiger partial charge in [0, 0.05) is 37.8 Å². The summed E-state index contributed by atoms with van der Waals surface area (Å²) in [6, 6.07) is 2.64. The topological polar surface area (TPSA) is 28.2 Å². The third-order valence-corrected chi connectivity index (χ3v) is 3.57. The Kier molecular flexibility index (Phi) is 3.24. The summed E-state index contributed by atoms with van der Waals surface area (Å²) in [7, 11) is 0. The van der Waals surface area contributed by atoms with Crippen LogP contribution in [0.1, 0.15) is 0 Å². The van der Waals surface area contributed by atoms with Gasteiger partial charge in [0.25, 0.3) is 0 Å². The van der Waals surface area contributed by atoms with Crippen LogP contribution in [0.2, 0.25) is 5.02 Å². The first kappa shape index (κ1) is 12.6. The number of anilines is 1. The second kappa shape index (κ2) is 4.90. The van der Waals surface area contributed by atoms with Crippen molar-refractivity contribution in [2.45, 2.75) is 0 Å². The lowest BCUT2D eigenvalue weighted by Crippen LogP contribution is -2.43. The maximum atomic E-state index is 13.8. The van der Waals surface area contributed by atoms with E-state index >= 15 is 0 Å². The predicted octanol–water partition coefficient (Wildman–Crippen LogP) is 2.58. The molecule has 2 aromatic rings. The van der Waals surface area contributed by atoms with Crippen LogP contribution < -0.4 is 10.2 Å². The molecule has 1 aliphatic rings. The minimum atomic E-state index is -0.925. The summed E-state index contributed by atoms with van der Waals surface area (Å²) in [4.78, 5) is 5.98. The number of aromatic nitrogens is 1. The second-order valence-electron chi connectivity index (χ2n) is 4.45. The van der Waals surface area contributed by atoms with Gasteiger partial charge in [-0.1, -0.05) is 11.6 Å². The van der Waals surface area contributed by atoms with Gasteiger partial charge in [-0.05, 0) is 12.1 Å². The fourth-order valence-corrected chi connectivity index (χ4v) is 2.65. The maximum absolute atomic E-state index is 13.8. The molecule has 0 atom stereocenters. The van der Waals surface area contributed by atoms with Gasteiger partial charge in [-0.3, -0.25) is 4.98 Å². The molecule has 2 heterocycles. The van der Waals surface area contributed by atoms with E-state index in [4.69, 9.17) is 11.6 Å². The molecule has 19 heavy (non-hydrogen) atoms. The van der Waals surface area contributed by atoms with Crippen molar-refractivity contribution in [2.75, 3.05) is 31.1 Å². The van der Waals surface area contributed by atoms with Gasteiger partial charge in [-0.2, -0.15) is 0 Å². The van der Waals surface area contributed by atoms with E-state index in [2.05, 4.69) is 15.2 Å². The molecule has 3 nitrogen and oxygen atoms in total. The zero-order valence-electron chi connectivity index (χ0n) is 10.1. The molecule has 1 aromatic carbocycles. The Morgan fingerprint density at radius 3 is 2.68 bits per heavy atom. The van der Waals surface area contributed by atoms with Gasteiger partial charge in [0.05, 0.1) is 10.7 Å². The summed E-state index contributed by atoms with van der Waals surface area (Å²) in [5.41, 5.74) is 0.755. The summed E-state index contributed by atoms with van der Waals surface area (Å²) < 4.78 is 27.0. The van der Waals surface area contributed by atoms with Crippen LogP contribution in [0.3, 0.4) is 0 Å². The molecule has 0 saturated carbocycles. The summed E-state index contributed by atoms with van der Waals surface area (Å²) >= 11 is 6.19. The van der Waals surface area contributed by atoms with E-state index in [-0.39, 0.29) is 5.52 Å². The van der Waals surface area contributed by atoms with Crippen LogP contribution >= 0.6 is 11.6 Å². The molecule has 0 radical (unpaired) electrons. The quantitative estimate of drug-likeness (QED) is 0.872. The summed E-state index contributed by atoms with van der Waals surface area (Å²) in [5.74, 6) is -1.82. The Bertz CT molecular complexity index is 627. The Labute approximate surface area is 114 Å². The van der Waals surface area contributed by atoms with Gasteiger partial charge < -0.3 is 10.2 Å². The fraction of sp³-hybridized carbons (Fsp3) is 0.308. The van der Waals surface area contributed by atoms with Crippen molar-refractivity contribution in [1.82, 2.24) is 10.3 Å². The molecular formula is C13H12ClF2N3. The highest BCUT2D eigenvalue weighted by molar-refractivity contribution is 6.34. The molecule has 1 fully saturated rings. The van der Waals surface area contributed by atoms with E-state index in [9.17, 15) is 8.78 Å². The van der Waals surface area contributed by atoms with E-state index in [0.717, 1.165) is 37.9 Å². The van der Waals surface area contributed by atoms with Crippen LogP contribution in [0.4, 0.5) is 14.5 Å². The van der Waals surface area contributed by atoms with Crippen LogP contribution in [-0.2, 0) is 0 Å². The van der Waals surface area contributed by atoms with Gasteiger partial charge in [0.15, 0.2) is 11.6 Å². The number of rotatable bonds is 1. The third kappa shape index (κ3) is 2.13. The first-order valence-electron chi connectivity index (χ1n) is 6.06. The number of nitrogens with zero attached hydrogens (tertiary/aromatic N) is 2. The van der Waals surface area contributed by atoms with Crippen molar-refractivity contribution >= 4 is 28.2 Å². The lowest BCUT2D eigenvalue weighted by atomic mass is 10.1. The molecule has 100 valence electrons. The van der Waals surface area contributed by atoms with E-state index in [1.807, 2.05) is 0 Å². The molecule has 0 amide bonds. The van der Waals surface area contributed by atoms with Crippen molar-refractivity contribution < 1.29 is 8.78 Å². The number of nitrogens with one attached hydrogen (secondary N) is 1. The first-order chi connectivity index (χ1) is 9.18. The zero-order chi connectivity index (χ0) is 13.4. The van der Waals surface area contributed by atoms with Crippen LogP contribution in [-0.4, -0.2) is 31.2 Å². The van der Waals surface area contributed by atoms with Gasteiger partial charge >= 0.3 is 0 Å². The molecule has 6 heteroatoms. The predicted molar refractivity (Wildman–Crippen MR) is 71.8 cm³/mol. The monoisotopic (exact) mass is 283 g/mol. The van der Waals surface area contributed by atoms with E-state index in [1.165, 1.54) is 12.3 Å². The third-order valence-electron chi connectivity index (χ3n) is 3.29. The molecule has 0 unspecified atom stereocenters. The number of piperazine rings is 1. The van der Waals surface area contributed by atoms with Crippen LogP contribution in [0.15, 0.2) is 18.3 Å². The Hall–Kier alpha value is -1.46.